The Balaban J connectivity index is 1.77. The molecule has 2 atom stereocenters. The van der Waals surface area contributed by atoms with Gasteiger partial charge in [0.05, 0.1) is 7.11 Å². The zero-order valence-electron chi connectivity index (χ0n) is 15.9. The van der Waals surface area contributed by atoms with Crippen molar-refractivity contribution >= 4 is 6.08 Å². The zero-order chi connectivity index (χ0) is 18.2. The summed E-state index contributed by atoms with van der Waals surface area (Å²) in [5, 5.41) is 9.81. The number of rotatable bonds is 4. The maximum Gasteiger partial charge on any atom is 0.169 e. The molecule has 1 fully saturated rings. The maximum atomic E-state index is 9.81. The van der Waals surface area contributed by atoms with Crippen molar-refractivity contribution in [3.63, 3.8) is 0 Å². The van der Waals surface area contributed by atoms with Gasteiger partial charge in [-0.3, -0.25) is 0 Å². The molecule has 0 radical (unpaired) electrons. The Kier molecular flexibility index (Phi) is 4.61. The largest absolute Gasteiger partial charge is 0.508 e. The molecule has 3 nitrogen and oxygen atoms in total. The molecule has 3 heteroatoms. The van der Waals surface area contributed by atoms with E-state index in [0.717, 1.165) is 24.8 Å². The van der Waals surface area contributed by atoms with Crippen molar-refractivity contribution in [1.29, 1.82) is 0 Å². The lowest BCUT2D eigenvalue weighted by atomic mass is 9.64. The molecule has 0 unspecified atom stereocenters. The first kappa shape index (κ1) is 17.9. The summed E-state index contributed by atoms with van der Waals surface area (Å²) in [5.41, 5.74) is 2.19. The van der Waals surface area contributed by atoms with Crippen LogP contribution in [0.5, 0.6) is 17.2 Å². The molecule has 0 saturated heterocycles. The lowest BCUT2D eigenvalue weighted by Crippen LogP contribution is -2.36. The second kappa shape index (κ2) is 6.44. The van der Waals surface area contributed by atoms with Crippen LogP contribution in [0.1, 0.15) is 58.4 Å². The average Bonchev–Trinajstić information content (AvgIpc) is 2.53. The molecule has 1 saturated carbocycles. The van der Waals surface area contributed by atoms with Crippen LogP contribution in [0.15, 0.2) is 30.4 Å². The molecular formula is C22H30O3. The van der Waals surface area contributed by atoms with Crippen molar-refractivity contribution in [2.24, 2.45) is 11.3 Å². The molecule has 1 N–H and O–H groups in total. The van der Waals surface area contributed by atoms with Gasteiger partial charge in [-0.2, -0.15) is 0 Å². The summed E-state index contributed by atoms with van der Waals surface area (Å²) in [6, 6.07) is 3.31. The molecule has 25 heavy (non-hydrogen) atoms. The van der Waals surface area contributed by atoms with Crippen LogP contribution in [0.4, 0.5) is 0 Å². The molecule has 0 bridgehead atoms. The van der Waals surface area contributed by atoms with Crippen molar-refractivity contribution < 1.29 is 14.6 Å². The second-order valence-electron chi connectivity index (χ2n) is 8.41. The van der Waals surface area contributed by atoms with E-state index < -0.39 is 0 Å². The molecule has 0 spiro atoms. The number of allylic oxidation sites excluding steroid dienone is 1. The van der Waals surface area contributed by atoms with E-state index in [1.165, 1.54) is 18.4 Å². The minimum Gasteiger partial charge on any atom is -0.508 e. The van der Waals surface area contributed by atoms with Crippen molar-refractivity contribution in [2.45, 2.75) is 58.5 Å². The first-order valence-electron chi connectivity index (χ1n) is 9.21. The predicted molar refractivity (Wildman–Crippen MR) is 102 cm³/mol. The number of methoxy groups -OCH3 is 1. The van der Waals surface area contributed by atoms with Gasteiger partial charge in [-0.05, 0) is 62.5 Å². The molecule has 136 valence electrons. The Morgan fingerprint density at radius 3 is 2.76 bits per heavy atom. The minimum absolute atomic E-state index is 0.188. The summed E-state index contributed by atoms with van der Waals surface area (Å²) in [4.78, 5) is 0. The number of hydrogen-bond donors (Lipinski definition) is 1. The lowest BCUT2D eigenvalue weighted by molar-refractivity contribution is 0.0956. The maximum absolute atomic E-state index is 9.81. The smallest absolute Gasteiger partial charge is 0.169 e. The third-order valence-electron chi connectivity index (χ3n) is 5.92. The molecule has 1 aliphatic heterocycles. The van der Waals surface area contributed by atoms with Gasteiger partial charge in [0.2, 0.25) is 0 Å². The molecule has 0 aromatic heterocycles. The third-order valence-corrected chi connectivity index (χ3v) is 5.92. The van der Waals surface area contributed by atoms with Crippen molar-refractivity contribution in [3.8, 4) is 17.2 Å². The Labute approximate surface area is 151 Å². The summed E-state index contributed by atoms with van der Waals surface area (Å²) < 4.78 is 11.7. The van der Waals surface area contributed by atoms with Gasteiger partial charge in [0.25, 0.3) is 0 Å². The Bertz CT molecular complexity index is 701. The second-order valence-corrected chi connectivity index (χ2v) is 8.41. The number of fused-ring (bicyclic) bond motifs is 1. The topological polar surface area (TPSA) is 38.7 Å². The number of phenolic OH excluding ortho intramolecular Hbond substituents is 1. The van der Waals surface area contributed by atoms with Crippen LogP contribution in [-0.4, -0.2) is 17.8 Å². The van der Waals surface area contributed by atoms with E-state index in [1.54, 1.807) is 19.2 Å². The number of hydrogen-bond acceptors (Lipinski definition) is 3. The molecular weight excluding hydrogens is 312 g/mol. The highest BCUT2D eigenvalue weighted by molar-refractivity contribution is 5.67. The van der Waals surface area contributed by atoms with Gasteiger partial charge in [-0.1, -0.05) is 32.1 Å². The van der Waals surface area contributed by atoms with Crippen LogP contribution < -0.4 is 9.47 Å². The summed E-state index contributed by atoms with van der Waals surface area (Å²) in [6.45, 7) is 11.2. The van der Waals surface area contributed by atoms with E-state index in [0.29, 0.717) is 22.8 Å². The molecule has 1 aromatic rings. The van der Waals surface area contributed by atoms with Gasteiger partial charge in [-0.25, -0.2) is 0 Å². The first-order valence-corrected chi connectivity index (χ1v) is 9.21. The van der Waals surface area contributed by atoms with Gasteiger partial charge in [0.15, 0.2) is 11.5 Å². The van der Waals surface area contributed by atoms with E-state index in [-0.39, 0.29) is 11.4 Å². The summed E-state index contributed by atoms with van der Waals surface area (Å²) in [5.74, 6) is 2.02. The number of phenols is 1. The fourth-order valence-corrected chi connectivity index (χ4v) is 4.36. The van der Waals surface area contributed by atoms with Gasteiger partial charge in [0.1, 0.15) is 11.4 Å². The van der Waals surface area contributed by atoms with Gasteiger partial charge in [0, 0.05) is 11.6 Å². The van der Waals surface area contributed by atoms with Crippen LogP contribution in [0.25, 0.3) is 6.08 Å². The predicted octanol–water partition coefficient (Wildman–Crippen LogP) is 5.73. The molecule has 2 aliphatic rings. The Hall–Kier alpha value is -1.90. The molecule has 1 aliphatic carbocycles. The molecule has 3 rings (SSSR count). The number of aromatic hydroxyl groups is 1. The zero-order valence-corrected chi connectivity index (χ0v) is 15.9. The van der Waals surface area contributed by atoms with E-state index in [9.17, 15) is 5.11 Å². The van der Waals surface area contributed by atoms with Crippen LogP contribution in [0.2, 0.25) is 0 Å². The molecule has 0 amide bonds. The summed E-state index contributed by atoms with van der Waals surface area (Å²) in [6.07, 6.45) is 9.80. The number of benzene rings is 1. The van der Waals surface area contributed by atoms with Gasteiger partial charge >= 0.3 is 0 Å². The highest BCUT2D eigenvalue weighted by Gasteiger charge is 2.37. The van der Waals surface area contributed by atoms with E-state index in [4.69, 9.17) is 9.47 Å². The Morgan fingerprint density at radius 1 is 1.32 bits per heavy atom. The normalized spacial score (nSPS) is 27.5. The SMILES string of the molecule is C=C1CCCC(C)(C)[C@H]1CC[C@]1(C)C=Cc2cc(O)cc(OC)c2O1. The Morgan fingerprint density at radius 2 is 2.08 bits per heavy atom. The fraction of sp³-hybridized carbons (Fsp3) is 0.545. The average molecular weight is 342 g/mol. The summed E-state index contributed by atoms with van der Waals surface area (Å²) in [7, 11) is 1.60. The monoisotopic (exact) mass is 342 g/mol. The van der Waals surface area contributed by atoms with Crippen molar-refractivity contribution in [2.75, 3.05) is 7.11 Å². The first-order chi connectivity index (χ1) is 11.7. The molecule has 1 aromatic carbocycles. The van der Waals surface area contributed by atoms with Gasteiger partial charge < -0.3 is 14.6 Å². The van der Waals surface area contributed by atoms with Crippen LogP contribution in [0.3, 0.4) is 0 Å². The van der Waals surface area contributed by atoms with Crippen LogP contribution >= 0.6 is 0 Å². The third kappa shape index (κ3) is 3.56. The van der Waals surface area contributed by atoms with E-state index in [1.807, 2.05) is 6.08 Å². The minimum atomic E-state index is -0.370. The van der Waals surface area contributed by atoms with Crippen LogP contribution in [0, 0.1) is 11.3 Å². The number of ether oxygens (including phenoxy) is 2. The molecule has 1 heterocycles. The summed E-state index contributed by atoms with van der Waals surface area (Å²) >= 11 is 0. The standard InChI is InChI=1S/C22H30O3/c1-15-7-6-10-21(2,3)18(15)9-12-22(4)11-8-16-13-17(23)14-19(24-5)20(16)25-22/h8,11,13-14,18,23H,1,6-7,9-10,12H2,2-5H3/t18-,22-/m0/s1. The van der Waals surface area contributed by atoms with E-state index >= 15 is 0 Å². The van der Waals surface area contributed by atoms with Crippen molar-refractivity contribution in [3.05, 3.63) is 35.9 Å². The fourth-order valence-electron chi connectivity index (χ4n) is 4.36. The van der Waals surface area contributed by atoms with Gasteiger partial charge in [-0.15, -0.1) is 0 Å². The highest BCUT2D eigenvalue weighted by atomic mass is 16.5. The van der Waals surface area contributed by atoms with Crippen LogP contribution in [-0.2, 0) is 0 Å². The quantitative estimate of drug-likeness (QED) is 0.710. The van der Waals surface area contributed by atoms with Crippen molar-refractivity contribution in [1.82, 2.24) is 0 Å². The van der Waals surface area contributed by atoms with E-state index in [2.05, 4.69) is 33.4 Å². The highest BCUT2D eigenvalue weighted by Crippen LogP contribution is 2.48. The lowest BCUT2D eigenvalue weighted by Gasteiger charge is -2.42.